The van der Waals surface area contributed by atoms with E-state index in [0.29, 0.717) is 12.4 Å². The molecule has 16 heavy (non-hydrogen) atoms. The average molecular weight is 223 g/mol. The lowest BCUT2D eigenvalue weighted by atomic mass is 10.2. The number of hydrogen-bond acceptors (Lipinski definition) is 2. The summed E-state index contributed by atoms with van der Waals surface area (Å²) in [6, 6.07) is 5.04. The predicted molar refractivity (Wildman–Crippen MR) is 63.4 cm³/mol. The van der Waals surface area contributed by atoms with Gasteiger partial charge in [0.1, 0.15) is 0 Å². The first-order valence-corrected chi connectivity index (χ1v) is 5.96. The van der Waals surface area contributed by atoms with Gasteiger partial charge in [-0.3, -0.25) is 0 Å². The molecule has 1 aliphatic carbocycles. The van der Waals surface area contributed by atoms with Gasteiger partial charge in [0, 0.05) is 18.3 Å². The van der Waals surface area contributed by atoms with Crippen LogP contribution in [0.3, 0.4) is 0 Å². The minimum Gasteiger partial charge on any atom is -0.491 e. The van der Waals surface area contributed by atoms with Gasteiger partial charge < -0.3 is 10.1 Å². The van der Waals surface area contributed by atoms with Crippen LogP contribution in [-0.4, -0.2) is 13.2 Å². The normalized spacial score (nSPS) is 14.9. The van der Waals surface area contributed by atoms with E-state index >= 15 is 0 Å². The van der Waals surface area contributed by atoms with Gasteiger partial charge in [-0.2, -0.15) is 0 Å². The molecule has 0 aliphatic heterocycles. The maximum Gasteiger partial charge on any atom is 0.167 e. The van der Waals surface area contributed by atoms with Crippen molar-refractivity contribution in [2.75, 3.05) is 18.5 Å². The van der Waals surface area contributed by atoms with Crippen LogP contribution in [0.2, 0.25) is 0 Å². The number of benzene rings is 1. The Balaban J connectivity index is 1.86. The van der Waals surface area contributed by atoms with E-state index < -0.39 is 0 Å². The van der Waals surface area contributed by atoms with E-state index in [1.54, 1.807) is 6.07 Å². The van der Waals surface area contributed by atoms with E-state index in [1.165, 1.54) is 25.3 Å². The molecule has 1 N–H and O–H groups in total. The molecule has 1 fully saturated rings. The van der Waals surface area contributed by atoms with Crippen LogP contribution in [0.5, 0.6) is 5.75 Å². The average Bonchev–Trinajstić information content (AvgIpc) is 3.06. The summed E-state index contributed by atoms with van der Waals surface area (Å²) in [6.07, 6.45) is 3.91. The molecule has 88 valence electrons. The summed E-state index contributed by atoms with van der Waals surface area (Å²) in [4.78, 5) is 0. The third kappa shape index (κ3) is 3.12. The van der Waals surface area contributed by atoms with Crippen LogP contribution in [0.4, 0.5) is 10.1 Å². The minimum absolute atomic E-state index is 0.293. The lowest BCUT2D eigenvalue weighted by Crippen LogP contribution is -2.03. The lowest BCUT2D eigenvalue weighted by molar-refractivity contribution is 0.321. The SMILES string of the molecule is CCOc1ccc(NCCC2CC2)cc1F. The Morgan fingerprint density at radius 1 is 1.44 bits per heavy atom. The zero-order valence-electron chi connectivity index (χ0n) is 9.63. The van der Waals surface area contributed by atoms with Crippen molar-refractivity contribution in [3.05, 3.63) is 24.0 Å². The molecule has 1 aromatic carbocycles. The number of ether oxygens (including phenoxy) is 1. The summed E-state index contributed by atoms with van der Waals surface area (Å²) < 4.78 is 18.6. The molecular formula is C13H18FNO. The van der Waals surface area contributed by atoms with Gasteiger partial charge in [-0.1, -0.05) is 12.8 Å². The first-order chi connectivity index (χ1) is 7.79. The number of hydrogen-bond donors (Lipinski definition) is 1. The largest absolute Gasteiger partial charge is 0.491 e. The van der Waals surface area contributed by atoms with Crippen LogP contribution in [0.15, 0.2) is 18.2 Å². The standard InChI is InChI=1S/C13H18FNO/c1-2-16-13-6-5-11(9-12(13)14)15-8-7-10-3-4-10/h5-6,9-10,15H,2-4,7-8H2,1H3. The zero-order chi connectivity index (χ0) is 11.4. The van der Waals surface area contributed by atoms with Gasteiger partial charge in [0.25, 0.3) is 0 Å². The van der Waals surface area contributed by atoms with Gasteiger partial charge in [-0.05, 0) is 31.4 Å². The molecule has 1 aromatic rings. The number of anilines is 1. The Morgan fingerprint density at radius 2 is 2.25 bits per heavy atom. The summed E-state index contributed by atoms with van der Waals surface area (Å²) >= 11 is 0. The molecular weight excluding hydrogens is 205 g/mol. The fraction of sp³-hybridized carbons (Fsp3) is 0.538. The number of halogens is 1. The highest BCUT2D eigenvalue weighted by molar-refractivity contribution is 5.47. The van der Waals surface area contributed by atoms with Gasteiger partial charge in [-0.15, -0.1) is 0 Å². The fourth-order valence-corrected chi connectivity index (χ4v) is 1.71. The van der Waals surface area contributed by atoms with Crippen molar-refractivity contribution in [3.8, 4) is 5.75 Å². The molecule has 0 radical (unpaired) electrons. The Bertz CT molecular complexity index is 350. The van der Waals surface area contributed by atoms with Crippen molar-refractivity contribution in [2.45, 2.75) is 26.2 Å². The summed E-state index contributed by atoms with van der Waals surface area (Å²) in [6.45, 7) is 3.27. The van der Waals surface area contributed by atoms with Gasteiger partial charge in [0.2, 0.25) is 0 Å². The molecule has 0 atom stereocenters. The molecule has 3 heteroatoms. The van der Waals surface area contributed by atoms with Crippen LogP contribution in [0.25, 0.3) is 0 Å². The molecule has 0 spiro atoms. The summed E-state index contributed by atoms with van der Waals surface area (Å²) in [5.41, 5.74) is 0.835. The van der Waals surface area contributed by atoms with Gasteiger partial charge in [0.05, 0.1) is 6.61 Å². The molecule has 2 nitrogen and oxygen atoms in total. The second-order valence-corrected chi connectivity index (χ2v) is 4.24. The Labute approximate surface area is 95.8 Å². The highest BCUT2D eigenvalue weighted by Crippen LogP contribution is 2.32. The highest BCUT2D eigenvalue weighted by atomic mass is 19.1. The summed E-state index contributed by atoms with van der Waals surface area (Å²) in [5, 5.41) is 3.23. The van der Waals surface area contributed by atoms with E-state index in [2.05, 4.69) is 5.32 Å². The molecule has 0 unspecified atom stereocenters. The van der Waals surface area contributed by atoms with Crippen molar-refractivity contribution in [2.24, 2.45) is 5.92 Å². The van der Waals surface area contributed by atoms with Gasteiger partial charge in [-0.25, -0.2) is 4.39 Å². The minimum atomic E-state index is -0.293. The van der Waals surface area contributed by atoms with Crippen molar-refractivity contribution in [3.63, 3.8) is 0 Å². The lowest BCUT2D eigenvalue weighted by Gasteiger charge is -2.08. The van der Waals surface area contributed by atoms with Crippen LogP contribution < -0.4 is 10.1 Å². The third-order valence-electron chi connectivity index (χ3n) is 2.81. The molecule has 0 heterocycles. The van der Waals surface area contributed by atoms with E-state index in [4.69, 9.17) is 4.74 Å². The second kappa shape index (κ2) is 5.19. The molecule has 0 saturated heterocycles. The second-order valence-electron chi connectivity index (χ2n) is 4.24. The molecule has 0 amide bonds. The molecule has 0 bridgehead atoms. The Morgan fingerprint density at radius 3 is 2.88 bits per heavy atom. The smallest absolute Gasteiger partial charge is 0.167 e. The first kappa shape index (κ1) is 11.2. The fourth-order valence-electron chi connectivity index (χ4n) is 1.71. The maximum atomic E-state index is 13.5. The van der Waals surface area contributed by atoms with E-state index in [9.17, 15) is 4.39 Å². The van der Waals surface area contributed by atoms with Gasteiger partial charge in [0.15, 0.2) is 11.6 Å². The Kier molecular flexibility index (Phi) is 3.65. The summed E-state index contributed by atoms with van der Waals surface area (Å²) in [7, 11) is 0. The van der Waals surface area contributed by atoms with Gasteiger partial charge >= 0.3 is 0 Å². The molecule has 1 aliphatic rings. The Hall–Kier alpha value is -1.25. The van der Waals surface area contributed by atoms with E-state index in [1.807, 2.05) is 13.0 Å². The van der Waals surface area contributed by atoms with Crippen LogP contribution in [0, 0.1) is 11.7 Å². The van der Waals surface area contributed by atoms with Crippen molar-refractivity contribution in [1.82, 2.24) is 0 Å². The third-order valence-corrected chi connectivity index (χ3v) is 2.81. The van der Waals surface area contributed by atoms with Crippen molar-refractivity contribution in [1.29, 1.82) is 0 Å². The molecule has 0 aromatic heterocycles. The highest BCUT2D eigenvalue weighted by Gasteiger charge is 2.20. The first-order valence-electron chi connectivity index (χ1n) is 5.96. The van der Waals surface area contributed by atoms with E-state index in [-0.39, 0.29) is 5.82 Å². The monoisotopic (exact) mass is 223 g/mol. The van der Waals surface area contributed by atoms with Crippen molar-refractivity contribution < 1.29 is 9.13 Å². The van der Waals surface area contributed by atoms with Crippen LogP contribution in [0.1, 0.15) is 26.2 Å². The molecule has 1 saturated carbocycles. The predicted octanol–water partition coefficient (Wildman–Crippen LogP) is 3.44. The van der Waals surface area contributed by atoms with E-state index in [0.717, 1.165) is 18.2 Å². The maximum absolute atomic E-state index is 13.5. The number of rotatable bonds is 6. The van der Waals surface area contributed by atoms with Crippen LogP contribution >= 0.6 is 0 Å². The topological polar surface area (TPSA) is 21.3 Å². The zero-order valence-corrected chi connectivity index (χ0v) is 9.63. The van der Waals surface area contributed by atoms with Crippen LogP contribution in [-0.2, 0) is 0 Å². The summed E-state index contributed by atoms with van der Waals surface area (Å²) in [5.74, 6) is 0.938. The number of nitrogens with one attached hydrogen (secondary N) is 1. The van der Waals surface area contributed by atoms with Crippen molar-refractivity contribution >= 4 is 5.69 Å². The molecule has 2 rings (SSSR count). The quantitative estimate of drug-likeness (QED) is 0.797.